The lowest BCUT2D eigenvalue weighted by atomic mass is 9.80. The van der Waals surface area contributed by atoms with Crippen LogP contribution in [0.15, 0.2) is 66.3 Å². The molecular formula is C24H23ClFNO4S. The fraction of sp³-hybridized carbons (Fsp3) is 0.250. The third kappa shape index (κ3) is 5.06. The maximum Gasteiger partial charge on any atom is 0.341 e. The van der Waals surface area contributed by atoms with Gasteiger partial charge in [-0.1, -0.05) is 54.1 Å². The van der Waals surface area contributed by atoms with E-state index in [-0.39, 0.29) is 25.5 Å². The fourth-order valence-corrected chi connectivity index (χ4v) is 4.25. The molecule has 168 valence electrons. The van der Waals surface area contributed by atoms with Crippen molar-refractivity contribution in [2.45, 2.75) is 24.2 Å². The second kappa shape index (κ2) is 10.3. The molecule has 8 heteroatoms. The van der Waals surface area contributed by atoms with E-state index >= 15 is 0 Å². The van der Waals surface area contributed by atoms with Crippen molar-refractivity contribution >= 4 is 41.7 Å². The van der Waals surface area contributed by atoms with Gasteiger partial charge in [-0.3, -0.25) is 4.79 Å². The number of thiol groups is 1. The average Bonchev–Trinajstić information content (AvgIpc) is 2.78. The minimum absolute atomic E-state index is 0.0402. The van der Waals surface area contributed by atoms with Gasteiger partial charge in [-0.15, -0.1) is 0 Å². The molecule has 3 rings (SSSR count). The van der Waals surface area contributed by atoms with Crippen LogP contribution in [0.5, 0.6) is 0 Å². The molecule has 2 unspecified atom stereocenters. The number of hydrogen-bond donors (Lipinski definition) is 3. The summed E-state index contributed by atoms with van der Waals surface area (Å²) in [6.45, 7) is 2.01. The Labute approximate surface area is 196 Å². The zero-order chi connectivity index (χ0) is 23.3. The number of carboxylic acids is 1. The van der Waals surface area contributed by atoms with Gasteiger partial charge in [0.15, 0.2) is 5.60 Å². The highest BCUT2D eigenvalue weighted by molar-refractivity contribution is 7.81. The number of amides is 1. The van der Waals surface area contributed by atoms with Crippen molar-refractivity contribution in [2.75, 3.05) is 13.2 Å². The normalized spacial score (nSPS) is 19.0. The molecule has 1 amide bonds. The number of nitrogens with one attached hydrogen (secondary N) is 1. The molecular weight excluding hydrogens is 453 g/mol. The van der Waals surface area contributed by atoms with Crippen molar-refractivity contribution in [3.05, 3.63) is 88.2 Å². The number of hydrogen-bond acceptors (Lipinski definition) is 4. The molecule has 0 heterocycles. The van der Waals surface area contributed by atoms with Gasteiger partial charge in [-0.05, 0) is 41.8 Å². The highest BCUT2D eigenvalue weighted by Crippen LogP contribution is 2.39. The minimum Gasteiger partial charge on any atom is -0.479 e. The van der Waals surface area contributed by atoms with Gasteiger partial charge in [0.2, 0.25) is 5.91 Å². The number of carbonyl (C=O) groups excluding carboxylic acids is 1. The number of carboxylic acid groups (broad SMARTS) is 1. The summed E-state index contributed by atoms with van der Waals surface area (Å²) in [7, 11) is 0. The van der Waals surface area contributed by atoms with E-state index in [0.717, 1.165) is 0 Å². The van der Waals surface area contributed by atoms with E-state index in [1.54, 1.807) is 49.4 Å². The Hall–Kier alpha value is -2.61. The molecule has 2 atom stereocenters. The van der Waals surface area contributed by atoms with Crippen LogP contribution in [-0.4, -0.2) is 35.7 Å². The Bertz CT molecular complexity index is 1090. The molecule has 5 nitrogen and oxygen atoms in total. The van der Waals surface area contributed by atoms with E-state index in [1.807, 2.05) is 0 Å². The van der Waals surface area contributed by atoms with Gasteiger partial charge in [0, 0.05) is 30.2 Å². The Morgan fingerprint density at radius 2 is 2.03 bits per heavy atom. The summed E-state index contributed by atoms with van der Waals surface area (Å²) < 4.78 is 19.6. The highest BCUT2D eigenvalue weighted by Gasteiger charge is 2.44. The first-order chi connectivity index (χ1) is 15.3. The third-order valence-electron chi connectivity index (χ3n) is 5.20. The summed E-state index contributed by atoms with van der Waals surface area (Å²) in [5.41, 5.74) is 0.353. The van der Waals surface area contributed by atoms with Crippen molar-refractivity contribution in [2.24, 2.45) is 0 Å². The molecule has 1 aliphatic rings. The van der Waals surface area contributed by atoms with Crippen molar-refractivity contribution in [1.29, 1.82) is 0 Å². The van der Waals surface area contributed by atoms with Crippen LogP contribution < -0.4 is 5.32 Å². The lowest BCUT2D eigenvalue weighted by Crippen LogP contribution is -2.44. The number of halogens is 2. The quantitative estimate of drug-likeness (QED) is 0.477. The molecule has 0 spiro atoms. The van der Waals surface area contributed by atoms with Crippen LogP contribution in [-0.2, 0) is 14.3 Å². The first-order valence-corrected chi connectivity index (χ1v) is 10.9. The Morgan fingerprint density at radius 1 is 1.28 bits per heavy atom. The van der Waals surface area contributed by atoms with Gasteiger partial charge in [0.25, 0.3) is 0 Å². The molecule has 0 radical (unpaired) electrons. The summed E-state index contributed by atoms with van der Waals surface area (Å²) in [6, 6.07) is 12.7. The number of ether oxygens (including phenoxy) is 1. The fourth-order valence-electron chi connectivity index (χ4n) is 3.61. The van der Waals surface area contributed by atoms with Crippen molar-refractivity contribution in [3.8, 4) is 0 Å². The van der Waals surface area contributed by atoms with Crippen LogP contribution in [0.25, 0.3) is 5.57 Å². The average molecular weight is 476 g/mol. The standard InChI is InChI=1S/C24H23ClFNO4S/c1-2-31-24(23(29)30)11-10-15(12-19(24)16-6-5-7-17(26)13-16)14-27-22(28)21(32)18-8-3-4-9-20(18)25/h3-10,12-13,21,32H,2,11,14H2,1H3,(H,27,28)(H,29,30). The van der Waals surface area contributed by atoms with Crippen LogP contribution in [0.4, 0.5) is 4.39 Å². The minimum atomic E-state index is -1.64. The largest absolute Gasteiger partial charge is 0.479 e. The second-order valence-electron chi connectivity index (χ2n) is 7.26. The number of carbonyl (C=O) groups is 2. The first-order valence-electron chi connectivity index (χ1n) is 10.0. The lowest BCUT2D eigenvalue weighted by molar-refractivity contribution is -0.157. The van der Waals surface area contributed by atoms with E-state index < -0.39 is 22.6 Å². The third-order valence-corrected chi connectivity index (χ3v) is 6.06. The highest BCUT2D eigenvalue weighted by atomic mass is 35.5. The molecule has 0 saturated carbocycles. The Kier molecular flexibility index (Phi) is 7.77. The molecule has 0 aromatic heterocycles. The van der Waals surface area contributed by atoms with Crippen molar-refractivity contribution in [3.63, 3.8) is 0 Å². The molecule has 2 aromatic carbocycles. The number of rotatable bonds is 8. The summed E-state index contributed by atoms with van der Waals surface area (Å²) >= 11 is 10.5. The SMILES string of the molecule is CCOC1(C(=O)O)CC=C(CNC(=O)C(S)c2ccccc2Cl)C=C1c1cccc(F)c1. The molecule has 0 bridgehead atoms. The smallest absolute Gasteiger partial charge is 0.341 e. The maximum absolute atomic E-state index is 13.9. The van der Waals surface area contributed by atoms with E-state index in [4.69, 9.17) is 16.3 Å². The van der Waals surface area contributed by atoms with Gasteiger partial charge in [0.05, 0.1) is 0 Å². The van der Waals surface area contributed by atoms with Gasteiger partial charge in [0.1, 0.15) is 11.1 Å². The lowest BCUT2D eigenvalue weighted by Gasteiger charge is -2.34. The second-order valence-corrected chi connectivity index (χ2v) is 8.18. The van der Waals surface area contributed by atoms with Gasteiger partial charge < -0.3 is 15.2 Å². The van der Waals surface area contributed by atoms with Crippen molar-refractivity contribution < 1.29 is 23.8 Å². The first kappa shape index (κ1) is 24.0. The van der Waals surface area contributed by atoms with E-state index in [0.29, 0.717) is 27.3 Å². The van der Waals surface area contributed by atoms with Crippen LogP contribution in [0.3, 0.4) is 0 Å². The predicted molar refractivity (Wildman–Crippen MR) is 125 cm³/mol. The van der Waals surface area contributed by atoms with Crippen LogP contribution in [0, 0.1) is 5.82 Å². The summed E-state index contributed by atoms with van der Waals surface area (Å²) in [4.78, 5) is 24.8. The van der Waals surface area contributed by atoms with E-state index in [2.05, 4.69) is 17.9 Å². The molecule has 32 heavy (non-hydrogen) atoms. The van der Waals surface area contributed by atoms with Crippen LogP contribution >= 0.6 is 24.2 Å². The molecule has 2 aromatic rings. The number of benzene rings is 2. The van der Waals surface area contributed by atoms with Crippen molar-refractivity contribution in [1.82, 2.24) is 5.32 Å². The Balaban J connectivity index is 1.85. The van der Waals surface area contributed by atoms with Crippen LogP contribution in [0.1, 0.15) is 29.7 Å². The topological polar surface area (TPSA) is 75.6 Å². The van der Waals surface area contributed by atoms with E-state index in [9.17, 15) is 19.1 Å². The molecule has 0 fully saturated rings. The monoisotopic (exact) mass is 475 g/mol. The summed E-state index contributed by atoms with van der Waals surface area (Å²) in [5, 5.41) is 12.4. The zero-order valence-corrected chi connectivity index (χ0v) is 19.0. The predicted octanol–water partition coefficient (Wildman–Crippen LogP) is 4.84. The zero-order valence-electron chi connectivity index (χ0n) is 17.3. The van der Waals surface area contributed by atoms with E-state index in [1.165, 1.54) is 18.2 Å². The van der Waals surface area contributed by atoms with Gasteiger partial charge >= 0.3 is 5.97 Å². The van der Waals surface area contributed by atoms with Crippen LogP contribution in [0.2, 0.25) is 5.02 Å². The molecule has 1 aliphatic carbocycles. The molecule has 2 N–H and O–H groups in total. The summed E-state index contributed by atoms with van der Waals surface area (Å²) in [6.07, 6.45) is 3.37. The molecule has 0 saturated heterocycles. The maximum atomic E-state index is 13.9. The van der Waals surface area contributed by atoms with Gasteiger partial charge in [-0.2, -0.15) is 12.6 Å². The van der Waals surface area contributed by atoms with Gasteiger partial charge in [-0.25, -0.2) is 9.18 Å². The summed E-state index contributed by atoms with van der Waals surface area (Å²) in [5.74, 6) is -1.99. The molecule has 0 aliphatic heterocycles. The Morgan fingerprint density at radius 3 is 2.69 bits per heavy atom. The number of aliphatic carboxylic acids is 1.